The van der Waals surface area contributed by atoms with Gasteiger partial charge in [0.15, 0.2) is 23.0 Å². The first-order valence-electron chi connectivity index (χ1n) is 15.1. The molecule has 0 fully saturated rings. The largest absolute Gasteiger partial charge is 0.490 e. The third-order valence-corrected chi connectivity index (χ3v) is 7.39. The van der Waals surface area contributed by atoms with E-state index in [9.17, 15) is 14.9 Å². The molecule has 0 bridgehead atoms. The Hall–Kier alpha value is -6.24. The number of nitrogens with zero attached hydrogens (tertiary/aromatic N) is 3. The average molecular weight is 653 g/mol. The number of benzene rings is 3. The zero-order valence-electron chi connectivity index (χ0n) is 26.4. The van der Waals surface area contributed by atoms with E-state index in [1.807, 2.05) is 24.3 Å². The van der Waals surface area contributed by atoms with Crippen molar-refractivity contribution >= 4 is 17.8 Å². The molecule has 3 aromatic carbocycles. The van der Waals surface area contributed by atoms with Crippen LogP contribution in [0.25, 0.3) is 5.69 Å². The van der Waals surface area contributed by atoms with E-state index in [0.29, 0.717) is 28.6 Å². The molecule has 6 rings (SSSR count). The predicted molar refractivity (Wildman–Crippen MR) is 175 cm³/mol. The molecule has 1 aliphatic rings. The van der Waals surface area contributed by atoms with Crippen molar-refractivity contribution in [2.45, 2.75) is 34.0 Å². The maximum absolute atomic E-state index is 12.7. The number of carbonyl (C=O) groups excluding carboxylic acids is 1. The van der Waals surface area contributed by atoms with Crippen LogP contribution in [0.5, 0.6) is 28.7 Å². The second-order valence-electron chi connectivity index (χ2n) is 10.7. The fourth-order valence-electron chi connectivity index (χ4n) is 5.13. The van der Waals surface area contributed by atoms with Gasteiger partial charge in [-0.25, -0.2) is 5.43 Å². The Kier molecular flexibility index (Phi) is 9.28. The standard InChI is InChI=1S/C35H32N4O9/c1-4-43-33-17-25(15-29(39(41)42)34(33)45-19-24-7-13-30-32(16-24)47-21-46-30)18-36-37-35(40)31-14-12-28(48-31)20-44-27-10-8-26(9-11-27)38-22(2)5-6-23(38)3/h5-18H,4,19-21H2,1-3H3,(H,37,40)/b36-18+. The minimum atomic E-state index is -0.609. The summed E-state index contributed by atoms with van der Waals surface area (Å²) in [5, 5.41) is 15.9. The lowest BCUT2D eigenvalue weighted by Crippen LogP contribution is -2.16. The lowest BCUT2D eigenvalue weighted by Gasteiger charge is -2.13. The number of nitrogens with one attached hydrogen (secondary N) is 1. The van der Waals surface area contributed by atoms with Crippen molar-refractivity contribution in [3.8, 4) is 34.4 Å². The normalized spacial score (nSPS) is 11.9. The number of carbonyl (C=O) groups is 1. The predicted octanol–water partition coefficient (Wildman–Crippen LogP) is 6.64. The number of aromatic nitrogens is 1. The van der Waals surface area contributed by atoms with Gasteiger partial charge in [0.05, 0.1) is 17.7 Å². The highest BCUT2D eigenvalue weighted by molar-refractivity contribution is 5.92. The van der Waals surface area contributed by atoms with Crippen LogP contribution in [0.1, 0.15) is 45.8 Å². The van der Waals surface area contributed by atoms with E-state index < -0.39 is 10.8 Å². The molecule has 1 aliphatic heterocycles. The van der Waals surface area contributed by atoms with Crippen molar-refractivity contribution in [3.63, 3.8) is 0 Å². The molecule has 0 spiro atoms. The van der Waals surface area contributed by atoms with Gasteiger partial charge < -0.3 is 32.7 Å². The van der Waals surface area contributed by atoms with Gasteiger partial charge in [-0.15, -0.1) is 0 Å². The third kappa shape index (κ3) is 7.09. The van der Waals surface area contributed by atoms with Crippen molar-refractivity contribution in [1.29, 1.82) is 0 Å². The van der Waals surface area contributed by atoms with E-state index in [1.54, 1.807) is 31.2 Å². The van der Waals surface area contributed by atoms with Crippen LogP contribution in [-0.2, 0) is 13.2 Å². The maximum Gasteiger partial charge on any atom is 0.315 e. The number of amides is 1. The Morgan fingerprint density at radius 3 is 2.46 bits per heavy atom. The second-order valence-corrected chi connectivity index (χ2v) is 10.7. The number of hydrogen-bond acceptors (Lipinski definition) is 10. The topological polar surface area (TPSA) is 149 Å². The summed E-state index contributed by atoms with van der Waals surface area (Å²) in [7, 11) is 0. The first kappa shape index (κ1) is 31.7. The lowest BCUT2D eigenvalue weighted by molar-refractivity contribution is -0.386. The molecule has 0 atom stereocenters. The van der Waals surface area contributed by atoms with Crippen LogP contribution in [-0.4, -0.2) is 35.0 Å². The molecule has 3 heterocycles. The Bertz CT molecular complexity index is 1960. The monoisotopic (exact) mass is 652 g/mol. The number of hydrazone groups is 1. The molecule has 0 unspecified atom stereocenters. The quantitative estimate of drug-likeness (QED) is 0.0839. The number of nitro benzene ring substituents is 1. The Morgan fingerprint density at radius 2 is 1.71 bits per heavy atom. The molecule has 5 aromatic rings. The molecule has 1 N–H and O–H groups in total. The van der Waals surface area contributed by atoms with Gasteiger partial charge in [-0.05, 0) is 93.1 Å². The summed E-state index contributed by atoms with van der Waals surface area (Å²) >= 11 is 0. The number of hydrogen-bond donors (Lipinski definition) is 1. The molecule has 0 saturated heterocycles. The van der Waals surface area contributed by atoms with Gasteiger partial charge in [0, 0.05) is 28.7 Å². The number of rotatable bonds is 13. The fourth-order valence-corrected chi connectivity index (χ4v) is 5.13. The Balaban J connectivity index is 1.07. The van der Waals surface area contributed by atoms with Gasteiger partial charge in [-0.2, -0.15) is 5.10 Å². The zero-order valence-corrected chi connectivity index (χ0v) is 26.4. The summed E-state index contributed by atoms with van der Waals surface area (Å²) in [4.78, 5) is 24.1. The van der Waals surface area contributed by atoms with Gasteiger partial charge in [0.1, 0.15) is 24.7 Å². The van der Waals surface area contributed by atoms with Crippen molar-refractivity contribution in [2.75, 3.05) is 13.4 Å². The summed E-state index contributed by atoms with van der Waals surface area (Å²) in [6, 6.07) is 23.1. The zero-order chi connectivity index (χ0) is 33.6. The first-order valence-corrected chi connectivity index (χ1v) is 15.1. The minimum Gasteiger partial charge on any atom is -0.490 e. The summed E-state index contributed by atoms with van der Waals surface area (Å²) < 4.78 is 35.9. The van der Waals surface area contributed by atoms with Gasteiger partial charge >= 0.3 is 11.6 Å². The van der Waals surface area contributed by atoms with Crippen LogP contribution in [0.2, 0.25) is 0 Å². The third-order valence-electron chi connectivity index (χ3n) is 7.39. The van der Waals surface area contributed by atoms with E-state index in [1.165, 1.54) is 24.4 Å². The highest BCUT2D eigenvalue weighted by atomic mass is 16.7. The summed E-state index contributed by atoms with van der Waals surface area (Å²) in [5.74, 6) is 1.82. The van der Waals surface area contributed by atoms with Crippen LogP contribution in [0.3, 0.4) is 0 Å². The minimum absolute atomic E-state index is 0.0212. The number of furan rings is 1. The van der Waals surface area contributed by atoms with Gasteiger partial charge in [0.25, 0.3) is 0 Å². The molecule has 0 radical (unpaired) electrons. The van der Waals surface area contributed by atoms with E-state index in [4.69, 9.17) is 28.1 Å². The average Bonchev–Trinajstić information content (AvgIpc) is 3.83. The molecule has 13 heteroatoms. The van der Waals surface area contributed by atoms with Crippen molar-refractivity contribution in [3.05, 3.63) is 123 Å². The van der Waals surface area contributed by atoms with Gasteiger partial charge in [-0.1, -0.05) is 6.07 Å². The summed E-state index contributed by atoms with van der Waals surface area (Å²) in [5.41, 5.74) is 6.40. The molecular weight excluding hydrogens is 620 g/mol. The van der Waals surface area contributed by atoms with Crippen LogP contribution in [0, 0.1) is 24.0 Å². The van der Waals surface area contributed by atoms with Crippen molar-refractivity contribution in [1.82, 2.24) is 9.99 Å². The number of ether oxygens (including phenoxy) is 5. The highest BCUT2D eigenvalue weighted by Gasteiger charge is 2.23. The Labute approximate surface area is 275 Å². The Morgan fingerprint density at radius 1 is 0.938 bits per heavy atom. The van der Waals surface area contributed by atoms with Crippen LogP contribution in [0.15, 0.2) is 88.4 Å². The van der Waals surface area contributed by atoms with Crippen LogP contribution < -0.4 is 29.1 Å². The molecule has 0 aliphatic carbocycles. The number of fused-ring (bicyclic) bond motifs is 1. The molecule has 246 valence electrons. The van der Waals surface area contributed by atoms with E-state index >= 15 is 0 Å². The highest BCUT2D eigenvalue weighted by Crippen LogP contribution is 2.39. The first-order chi connectivity index (χ1) is 23.3. The lowest BCUT2D eigenvalue weighted by atomic mass is 10.1. The smallest absolute Gasteiger partial charge is 0.315 e. The second kappa shape index (κ2) is 14.0. The summed E-state index contributed by atoms with van der Waals surface area (Å²) in [6.45, 7) is 6.36. The molecule has 0 saturated carbocycles. The molecule has 13 nitrogen and oxygen atoms in total. The van der Waals surface area contributed by atoms with Crippen LogP contribution >= 0.6 is 0 Å². The van der Waals surface area contributed by atoms with Gasteiger partial charge in [-0.3, -0.25) is 14.9 Å². The number of aryl methyl sites for hydroxylation is 2. The molecular formula is C35H32N4O9. The van der Waals surface area contributed by atoms with Crippen LogP contribution in [0.4, 0.5) is 5.69 Å². The fraction of sp³-hybridized carbons (Fsp3) is 0.200. The van der Waals surface area contributed by atoms with E-state index in [2.05, 4.69) is 41.1 Å². The SMILES string of the molecule is CCOc1cc(/C=N/NC(=O)c2ccc(COc3ccc(-n4c(C)ccc4C)cc3)o2)cc([N+](=O)[O-])c1OCc1ccc2c(c1)OCO2. The van der Waals surface area contributed by atoms with Gasteiger partial charge in [0.2, 0.25) is 12.5 Å². The molecule has 48 heavy (non-hydrogen) atoms. The number of nitro groups is 1. The maximum atomic E-state index is 12.7. The van der Waals surface area contributed by atoms with E-state index in [0.717, 1.165) is 22.6 Å². The molecule has 1 amide bonds. The van der Waals surface area contributed by atoms with E-state index in [-0.39, 0.29) is 49.6 Å². The summed E-state index contributed by atoms with van der Waals surface area (Å²) in [6.07, 6.45) is 1.27. The van der Waals surface area contributed by atoms with Crippen molar-refractivity contribution in [2.24, 2.45) is 5.10 Å². The molecule has 2 aromatic heterocycles. The van der Waals surface area contributed by atoms with Crippen molar-refractivity contribution < 1.29 is 37.8 Å².